The molecule has 23 heavy (non-hydrogen) atoms. The maximum atomic E-state index is 12.3. The van der Waals surface area contributed by atoms with E-state index in [4.69, 9.17) is 4.52 Å². The maximum Gasteiger partial charge on any atom is 0.238 e. The second-order valence-corrected chi connectivity index (χ2v) is 7.48. The Labute approximate surface area is 139 Å². The molecule has 7 nitrogen and oxygen atoms in total. The van der Waals surface area contributed by atoms with Crippen molar-refractivity contribution in [3.8, 4) is 0 Å². The van der Waals surface area contributed by atoms with E-state index in [0.717, 1.165) is 23.8 Å². The first kappa shape index (κ1) is 16.0. The molecule has 1 aliphatic rings. The molecule has 1 atom stereocenters. The standard InChI is InChI=1S/C15H21N5O2S/c1-8(2)13-17-18-15(20(13)11-5-6-11)23-10(4)14(21)16-12-7-9(3)22-19-12/h7-8,10-11H,5-6H2,1-4H3,(H,16,19,21). The van der Waals surface area contributed by atoms with Crippen LogP contribution >= 0.6 is 11.8 Å². The van der Waals surface area contributed by atoms with Crippen LogP contribution in [0.3, 0.4) is 0 Å². The highest BCUT2D eigenvalue weighted by molar-refractivity contribution is 8.00. The third-order valence-electron chi connectivity index (χ3n) is 3.65. The van der Waals surface area contributed by atoms with Gasteiger partial charge in [-0.2, -0.15) is 0 Å². The van der Waals surface area contributed by atoms with Gasteiger partial charge in [0, 0.05) is 18.0 Å². The molecule has 2 heterocycles. The summed E-state index contributed by atoms with van der Waals surface area (Å²) in [6, 6.07) is 2.18. The number of hydrogen-bond acceptors (Lipinski definition) is 6. The van der Waals surface area contributed by atoms with Gasteiger partial charge in [0.1, 0.15) is 11.6 Å². The van der Waals surface area contributed by atoms with Crippen molar-refractivity contribution in [2.75, 3.05) is 5.32 Å². The van der Waals surface area contributed by atoms with Crippen molar-refractivity contribution in [1.82, 2.24) is 19.9 Å². The Balaban J connectivity index is 1.70. The number of thioether (sulfide) groups is 1. The second kappa shape index (κ2) is 6.35. The number of aromatic nitrogens is 4. The molecular formula is C15H21N5O2S. The lowest BCUT2D eigenvalue weighted by molar-refractivity contribution is -0.115. The molecule has 124 valence electrons. The molecule has 0 aliphatic heterocycles. The largest absolute Gasteiger partial charge is 0.360 e. The number of hydrogen-bond donors (Lipinski definition) is 1. The Kier molecular flexibility index (Phi) is 4.43. The second-order valence-electron chi connectivity index (χ2n) is 6.17. The zero-order valence-electron chi connectivity index (χ0n) is 13.7. The van der Waals surface area contributed by atoms with Gasteiger partial charge in [-0.15, -0.1) is 10.2 Å². The van der Waals surface area contributed by atoms with Gasteiger partial charge in [-0.25, -0.2) is 0 Å². The van der Waals surface area contributed by atoms with Crippen molar-refractivity contribution in [3.05, 3.63) is 17.7 Å². The fraction of sp³-hybridized carbons (Fsp3) is 0.600. The summed E-state index contributed by atoms with van der Waals surface area (Å²) in [5.74, 6) is 2.29. The molecule has 0 bridgehead atoms. The number of rotatable bonds is 6. The van der Waals surface area contributed by atoms with E-state index in [9.17, 15) is 4.79 Å². The minimum atomic E-state index is -0.297. The predicted molar refractivity (Wildman–Crippen MR) is 87.6 cm³/mol. The van der Waals surface area contributed by atoms with Crippen LogP contribution in [0.1, 0.15) is 57.2 Å². The van der Waals surface area contributed by atoms with Crippen LogP contribution in [0, 0.1) is 6.92 Å². The highest BCUT2D eigenvalue weighted by atomic mass is 32.2. The van der Waals surface area contributed by atoms with E-state index in [1.165, 1.54) is 11.8 Å². The van der Waals surface area contributed by atoms with Crippen LogP contribution in [0.15, 0.2) is 15.7 Å². The Morgan fingerprint density at radius 1 is 1.39 bits per heavy atom. The summed E-state index contributed by atoms with van der Waals surface area (Å²) < 4.78 is 7.15. The van der Waals surface area contributed by atoms with Gasteiger partial charge < -0.3 is 14.4 Å². The molecule has 2 aromatic heterocycles. The number of anilines is 1. The van der Waals surface area contributed by atoms with Gasteiger partial charge in [0.25, 0.3) is 0 Å². The van der Waals surface area contributed by atoms with Crippen LogP contribution in [0.5, 0.6) is 0 Å². The highest BCUT2D eigenvalue weighted by Gasteiger charge is 2.31. The quantitative estimate of drug-likeness (QED) is 0.816. The van der Waals surface area contributed by atoms with Gasteiger partial charge in [-0.1, -0.05) is 30.8 Å². The normalized spacial score (nSPS) is 15.9. The van der Waals surface area contributed by atoms with Crippen molar-refractivity contribution in [2.45, 2.75) is 62.9 Å². The summed E-state index contributed by atoms with van der Waals surface area (Å²) in [5.41, 5.74) is 0. The van der Waals surface area contributed by atoms with Crippen molar-refractivity contribution < 1.29 is 9.32 Å². The Morgan fingerprint density at radius 3 is 2.70 bits per heavy atom. The molecule has 1 N–H and O–H groups in total. The van der Waals surface area contributed by atoms with Crippen molar-refractivity contribution in [2.24, 2.45) is 0 Å². The molecule has 0 spiro atoms. The molecule has 8 heteroatoms. The molecule has 0 saturated heterocycles. The molecule has 1 fully saturated rings. The summed E-state index contributed by atoms with van der Waals surface area (Å²) in [5, 5.41) is 15.7. The predicted octanol–water partition coefficient (Wildman–Crippen LogP) is 3.15. The van der Waals surface area contributed by atoms with Crippen LogP contribution in [0.25, 0.3) is 0 Å². The van der Waals surface area contributed by atoms with E-state index in [0.29, 0.717) is 23.5 Å². The first-order valence-corrected chi connectivity index (χ1v) is 8.69. The van der Waals surface area contributed by atoms with Gasteiger partial charge in [0.15, 0.2) is 11.0 Å². The van der Waals surface area contributed by atoms with Crippen LogP contribution < -0.4 is 5.32 Å². The molecule has 1 aliphatic carbocycles. The molecule has 1 saturated carbocycles. The summed E-state index contributed by atoms with van der Waals surface area (Å²) in [6.45, 7) is 7.86. The number of carbonyl (C=O) groups is 1. The number of aryl methyl sites for hydroxylation is 1. The Hall–Kier alpha value is -1.83. The van der Waals surface area contributed by atoms with Crippen LogP contribution in [-0.2, 0) is 4.79 Å². The molecule has 3 rings (SSSR count). The van der Waals surface area contributed by atoms with Crippen LogP contribution in [0.4, 0.5) is 5.82 Å². The SMILES string of the molecule is Cc1cc(NC(=O)C(C)Sc2nnc(C(C)C)n2C2CC2)no1. The Morgan fingerprint density at radius 2 is 2.13 bits per heavy atom. The van der Waals surface area contributed by atoms with Crippen molar-refractivity contribution in [1.29, 1.82) is 0 Å². The fourth-order valence-corrected chi connectivity index (χ4v) is 3.23. The maximum absolute atomic E-state index is 12.3. The fourth-order valence-electron chi connectivity index (χ4n) is 2.30. The lowest BCUT2D eigenvalue weighted by Gasteiger charge is -2.13. The average Bonchev–Trinajstić information content (AvgIpc) is 3.12. The average molecular weight is 335 g/mol. The molecular weight excluding hydrogens is 314 g/mol. The Bertz CT molecular complexity index is 705. The number of nitrogens with zero attached hydrogens (tertiary/aromatic N) is 4. The summed E-state index contributed by atoms with van der Waals surface area (Å²) >= 11 is 1.43. The molecule has 0 aromatic carbocycles. The van der Waals surface area contributed by atoms with E-state index >= 15 is 0 Å². The molecule has 0 radical (unpaired) electrons. The smallest absolute Gasteiger partial charge is 0.238 e. The summed E-state index contributed by atoms with van der Waals surface area (Å²) in [7, 11) is 0. The van der Waals surface area contributed by atoms with E-state index in [2.05, 4.69) is 39.1 Å². The van der Waals surface area contributed by atoms with Gasteiger partial charge >= 0.3 is 0 Å². The van der Waals surface area contributed by atoms with E-state index < -0.39 is 0 Å². The van der Waals surface area contributed by atoms with Gasteiger partial charge in [-0.05, 0) is 26.7 Å². The minimum absolute atomic E-state index is 0.125. The van der Waals surface area contributed by atoms with E-state index in [-0.39, 0.29) is 11.2 Å². The van der Waals surface area contributed by atoms with Crippen LogP contribution in [0.2, 0.25) is 0 Å². The summed E-state index contributed by atoms with van der Waals surface area (Å²) in [4.78, 5) is 12.3. The highest BCUT2D eigenvalue weighted by Crippen LogP contribution is 2.40. The first-order valence-electron chi connectivity index (χ1n) is 7.81. The first-order chi connectivity index (χ1) is 11.0. The zero-order valence-corrected chi connectivity index (χ0v) is 14.6. The third kappa shape index (κ3) is 3.57. The van der Waals surface area contributed by atoms with E-state index in [1.54, 1.807) is 13.0 Å². The topological polar surface area (TPSA) is 85.8 Å². The molecule has 1 unspecified atom stereocenters. The van der Waals surface area contributed by atoms with E-state index in [1.807, 2.05) is 6.92 Å². The monoisotopic (exact) mass is 335 g/mol. The van der Waals surface area contributed by atoms with Gasteiger partial charge in [-0.3, -0.25) is 4.79 Å². The van der Waals surface area contributed by atoms with Crippen molar-refractivity contribution >= 4 is 23.5 Å². The third-order valence-corrected chi connectivity index (χ3v) is 4.71. The molecule has 1 amide bonds. The zero-order chi connectivity index (χ0) is 16.6. The lowest BCUT2D eigenvalue weighted by atomic mass is 10.2. The van der Waals surface area contributed by atoms with Crippen LogP contribution in [-0.4, -0.2) is 31.1 Å². The lowest BCUT2D eigenvalue weighted by Crippen LogP contribution is -2.23. The number of nitrogens with one attached hydrogen (secondary N) is 1. The van der Waals surface area contributed by atoms with Crippen molar-refractivity contribution in [3.63, 3.8) is 0 Å². The van der Waals surface area contributed by atoms with Gasteiger partial charge in [0.05, 0.1) is 5.25 Å². The minimum Gasteiger partial charge on any atom is -0.360 e. The number of amides is 1. The number of carbonyl (C=O) groups excluding carboxylic acids is 1. The summed E-state index contributed by atoms with van der Waals surface area (Å²) in [6.07, 6.45) is 2.31. The van der Waals surface area contributed by atoms with Gasteiger partial charge in [0.2, 0.25) is 5.91 Å². The molecule has 2 aromatic rings.